The zero-order valence-electron chi connectivity index (χ0n) is 15.3. The predicted molar refractivity (Wildman–Crippen MR) is 96.1 cm³/mol. The lowest BCUT2D eigenvalue weighted by Gasteiger charge is -2.28. The molecule has 2 N–H and O–H groups in total. The number of nitrogens with one attached hydrogen (secondary N) is 2. The first-order valence-corrected chi connectivity index (χ1v) is 9.27. The van der Waals surface area contributed by atoms with Crippen molar-refractivity contribution in [3.8, 4) is 0 Å². The number of piperazine rings is 1. The van der Waals surface area contributed by atoms with E-state index in [1.807, 2.05) is 24.3 Å². The Hall–Kier alpha value is -1.49. The van der Waals surface area contributed by atoms with Crippen molar-refractivity contribution in [2.24, 2.45) is 0 Å². The first-order valence-electron chi connectivity index (χ1n) is 9.27. The highest BCUT2D eigenvalue weighted by Gasteiger charge is 2.21. The van der Waals surface area contributed by atoms with Crippen LogP contribution >= 0.6 is 0 Å². The maximum Gasteiger partial charge on any atom is 0.127 e. The number of hydrogen-bond acceptors (Lipinski definition) is 0. The molecule has 0 radical (unpaired) electrons. The van der Waals surface area contributed by atoms with Crippen molar-refractivity contribution in [3.63, 3.8) is 0 Å². The van der Waals surface area contributed by atoms with E-state index in [9.17, 15) is 8.78 Å². The van der Waals surface area contributed by atoms with Gasteiger partial charge in [-0.15, -0.1) is 0 Å². The Balaban J connectivity index is 0.00000243. The first kappa shape index (κ1) is 20.8. The Morgan fingerprint density at radius 2 is 1.27 bits per heavy atom. The number of quaternary nitrogens is 2. The molecule has 1 aliphatic heterocycles. The van der Waals surface area contributed by atoms with E-state index in [2.05, 4.69) is 7.05 Å². The van der Waals surface area contributed by atoms with Gasteiger partial charge in [-0.2, -0.15) is 0 Å². The molecule has 0 saturated carbocycles. The van der Waals surface area contributed by atoms with Crippen molar-refractivity contribution in [1.29, 1.82) is 0 Å². The van der Waals surface area contributed by atoms with E-state index in [4.69, 9.17) is 0 Å². The van der Waals surface area contributed by atoms with Crippen LogP contribution in [0, 0.1) is 11.6 Å². The van der Waals surface area contributed by atoms with Gasteiger partial charge in [-0.25, -0.2) is 8.78 Å². The van der Waals surface area contributed by atoms with Crippen LogP contribution in [0.1, 0.15) is 29.9 Å². The van der Waals surface area contributed by atoms with E-state index < -0.39 is 0 Å². The van der Waals surface area contributed by atoms with Crippen molar-refractivity contribution in [2.45, 2.75) is 18.8 Å². The fourth-order valence-electron chi connectivity index (χ4n) is 3.75. The van der Waals surface area contributed by atoms with Crippen LogP contribution < -0.4 is 22.2 Å². The zero-order valence-corrected chi connectivity index (χ0v) is 16.0. The van der Waals surface area contributed by atoms with Gasteiger partial charge in [0.25, 0.3) is 0 Å². The third kappa shape index (κ3) is 5.76. The third-order valence-electron chi connectivity index (χ3n) is 5.38. The second-order valence-corrected chi connectivity index (χ2v) is 7.26. The van der Waals surface area contributed by atoms with Crippen molar-refractivity contribution in [1.82, 2.24) is 0 Å². The number of rotatable bonds is 6. The third-order valence-corrected chi connectivity index (χ3v) is 5.38. The minimum Gasteiger partial charge on any atom is -1.00 e. The average Bonchev–Trinajstić information content (AvgIpc) is 2.62. The molecule has 0 amide bonds. The highest BCUT2D eigenvalue weighted by molar-refractivity contribution is 5.32. The predicted octanol–water partition coefficient (Wildman–Crippen LogP) is -1.71. The van der Waals surface area contributed by atoms with Crippen LogP contribution in [0.5, 0.6) is 0 Å². The molecule has 0 bridgehead atoms. The Bertz CT molecular complexity index is 607. The van der Waals surface area contributed by atoms with Crippen LogP contribution in [0.3, 0.4) is 0 Å². The molecular formula is C21H28ClF2N2+. The lowest BCUT2D eigenvalue weighted by Crippen LogP contribution is -3.27. The summed E-state index contributed by atoms with van der Waals surface area (Å²) in [6.45, 7) is 6.14. The summed E-state index contributed by atoms with van der Waals surface area (Å²) in [4.78, 5) is 3.31. The summed E-state index contributed by atoms with van der Waals surface area (Å²) in [6.07, 6.45) is 2.12. The molecule has 1 aliphatic rings. The lowest BCUT2D eigenvalue weighted by atomic mass is 9.87. The van der Waals surface area contributed by atoms with Gasteiger partial charge in [0.15, 0.2) is 0 Å². The van der Waals surface area contributed by atoms with Crippen molar-refractivity contribution in [2.75, 3.05) is 39.8 Å². The normalized spacial score (nSPS) is 20.0. The van der Waals surface area contributed by atoms with Gasteiger partial charge in [-0.05, 0) is 48.2 Å². The second kappa shape index (κ2) is 10.0. The summed E-state index contributed by atoms with van der Waals surface area (Å²) in [5.74, 6) is -0.240. The maximum atomic E-state index is 13.3. The summed E-state index contributed by atoms with van der Waals surface area (Å²) in [6, 6.07) is 13.5. The van der Waals surface area contributed by atoms with Crippen molar-refractivity contribution in [3.05, 3.63) is 71.3 Å². The average molecular weight is 382 g/mol. The Kier molecular flexibility index (Phi) is 8.01. The molecule has 0 atom stereocenters. The molecule has 0 unspecified atom stereocenters. The smallest absolute Gasteiger partial charge is 0.127 e. The molecule has 1 saturated heterocycles. The van der Waals surface area contributed by atoms with Gasteiger partial charge >= 0.3 is 0 Å². The van der Waals surface area contributed by atoms with E-state index in [1.54, 1.807) is 9.80 Å². The Morgan fingerprint density at radius 1 is 0.808 bits per heavy atom. The number of hydrogen-bond donors (Lipinski definition) is 2. The van der Waals surface area contributed by atoms with Crippen LogP contribution in [0.2, 0.25) is 0 Å². The van der Waals surface area contributed by atoms with Crippen LogP contribution in [-0.4, -0.2) is 39.8 Å². The van der Waals surface area contributed by atoms with Crippen molar-refractivity contribution >= 4 is 0 Å². The molecule has 0 spiro atoms. The number of likely N-dealkylation sites (N-methyl/N-ethyl adjacent to an activating group) is 1. The standard InChI is InChI=1S/C21H26F2N2.ClH/c1-24-13-15-25(16-14-24)12-2-3-21(17-4-8-19(22)9-5-17)18-6-10-20(23)11-7-18;/h4-11,21H,2-3,12-16H2,1H3;1H/p+1. The van der Waals surface area contributed by atoms with E-state index in [-0.39, 0.29) is 30.0 Å². The molecule has 1 heterocycles. The maximum absolute atomic E-state index is 13.3. The van der Waals surface area contributed by atoms with Crippen LogP contribution in [-0.2, 0) is 0 Å². The molecular weight excluding hydrogens is 354 g/mol. The van der Waals surface area contributed by atoms with Gasteiger partial charge in [-0.3, -0.25) is 0 Å². The minimum absolute atomic E-state index is 0. The van der Waals surface area contributed by atoms with E-state index in [0.717, 1.165) is 24.0 Å². The van der Waals surface area contributed by atoms with Gasteiger partial charge < -0.3 is 22.2 Å². The monoisotopic (exact) mass is 381 g/mol. The Morgan fingerprint density at radius 3 is 1.73 bits per heavy atom. The zero-order chi connectivity index (χ0) is 17.6. The van der Waals surface area contributed by atoms with E-state index >= 15 is 0 Å². The quantitative estimate of drug-likeness (QED) is 0.590. The summed E-state index contributed by atoms with van der Waals surface area (Å²) in [7, 11) is 2.26. The summed E-state index contributed by atoms with van der Waals surface area (Å²) >= 11 is 0. The lowest BCUT2D eigenvalue weighted by molar-refractivity contribution is -1.00. The summed E-state index contributed by atoms with van der Waals surface area (Å²) in [5.41, 5.74) is 2.21. The van der Waals surface area contributed by atoms with Crippen LogP contribution in [0.15, 0.2) is 48.5 Å². The fourth-order valence-corrected chi connectivity index (χ4v) is 3.75. The molecule has 2 nitrogen and oxygen atoms in total. The number of benzene rings is 2. The van der Waals surface area contributed by atoms with Gasteiger partial charge in [0.2, 0.25) is 0 Å². The van der Waals surface area contributed by atoms with E-state index in [0.29, 0.717) is 0 Å². The molecule has 0 aromatic heterocycles. The fraction of sp³-hybridized carbons (Fsp3) is 0.429. The SMILES string of the molecule is C[NH+]1CC[NH+](CCCC(c2ccc(F)cc2)c2ccc(F)cc2)CC1.[Cl-]. The molecule has 2 aromatic rings. The summed E-state index contributed by atoms with van der Waals surface area (Å²) in [5, 5.41) is 0. The topological polar surface area (TPSA) is 8.88 Å². The molecule has 5 heteroatoms. The van der Waals surface area contributed by atoms with Crippen LogP contribution in [0.25, 0.3) is 0 Å². The van der Waals surface area contributed by atoms with Gasteiger partial charge in [0.1, 0.15) is 37.8 Å². The number of halogens is 3. The molecule has 3 rings (SSSR count). The highest BCUT2D eigenvalue weighted by Crippen LogP contribution is 2.29. The molecule has 26 heavy (non-hydrogen) atoms. The Labute approximate surface area is 161 Å². The first-order chi connectivity index (χ1) is 12.1. The molecule has 1 fully saturated rings. The molecule has 142 valence electrons. The van der Waals surface area contributed by atoms with Gasteiger partial charge in [0.05, 0.1) is 13.6 Å². The largest absolute Gasteiger partial charge is 1.00 e. The molecule has 0 aliphatic carbocycles. The van der Waals surface area contributed by atoms with Gasteiger partial charge in [-0.1, -0.05) is 24.3 Å². The van der Waals surface area contributed by atoms with Crippen LogP contribution in [0.4, 0.5) is 8.78 Å². The van der Waals surface area contributed by atoms with E-state index in [1.165, 1.54) is 57.0 Å². The van der Waals surface area contributed by atoms with Crippen molar-refractivity contribution < 1.29 is 31.0 Å². The highest BCUT2D eigenvalue weighted by atomic mass is 35.5. The minimum atomic E-state index is -0.217. The second-order valence-electron chi connectivity index (χ2n) is 7.26. The summed E-state index contributed by atoms with van der Waals surface area (Å²) < 4.78 is 26.6. The van der Waals surface area contributed by atoms with Gasteiger partial charge in [0, 0.05) is 5.92 Å². The molecule has 2 aromatic carbocycles.